The molecule has 0 aliphatic rings. The van der Waals surface area contributed by atoms with Crippen LogP contribution < -0.4 is 14.9 Å². The van der Waals surface area contributed by atoms with Crippen molar-refractivity contribution in [2.45, 2.75) is 33.8 Å². The lowest BCUT2D eigenvalue weighted by Crippen LogP contribution is -2.35. The summed E-state index contributed by atoms with van der Waals surface area (Å²) in [5.41, 5.74) is 3.30. The first-order valence-corrected chi connectivity index (χ1v) is 11.5. The second-order valence-electron chi connectivity index (χ2n) is 8.78. The Hall–Kier alpha value is -3.52. The first-order chi connectivity index (χ1) is 15.8. The monoisotopic (exact) mass is 462 g/mol. The van der Waals surface area contributed by atoms with Crippen LogP contribution in [0.4, 0.5) is 0 Å². The summed E-state index contributed by atoms with van der Waals surface area (Å²) in [4.78, 5) is 28.3. The minimum Gasteiger partial charge on any atom is -0.489 e. The van der Waals surface area contributed by atoms with E-state index in [1.165, 1.54) is 0 Å². The van der Waals surface area contributed by atoms with Crippen LogP contribution in [-0.4, -0.2) is 27.6 Å². The number of nitrogens with zero attached hydrogens (tertiary/aromatic N) is 2. The van der Waals surface area contributed by atoms with Gasteiger partial charge in [-0.1, -0.05) is 43.4 Å². The van der Waals surface area contributed by atoms with Gasteiger partial charge in [-0.15, -0.1) is 0 Å². The van der Waals surface area contributed by atoms with Crippen molar-refractivity contribution in [3.8, 4) is 5.75 Å². The third kappa shape index (κ3) is 5.84. The summed E-state index contributed by atoms with van der Waals surface area (Å²) in [6.45, 7) is 6.91. The minimum atomic E-state index is -0.234. The van der Waals surface area contributed by atoms with Crippen molar-refractivity contribution in [3.05, 3.63) is 86.1 Å². The molecule has 0 radical (unpaired) electrons. The lowest BCUT2D eigenvalue weighted by Gasteiger charge is -2.23. The molecule has 2 heterocycles. The molecular formula is C25H26N4O3S. The number of carbonyl (C=O) groups is 1. The van der Waals surface area contributed by atoms with E-state index in [0.29, 0.717) is 30.9 Å². The Morgan fingerprint density at radius 2 is 1.91 bits per heavy atom. The van der Waals surface area contributed by atoms with Crippen LogP contribution in [0.15, 0.2) is 59.4 Å². The highest BCUT2D eigenvalue weighted by molar-refractivity contribution is 7.08. The Labute approximate surface area is 195 Å². The largest absolute Gasteiger partial charge is 0.489 e. The van der Waals surface area contributed by atoms with Crippen molar-refractivity contribution in [2.24, 2.45) is 5.41 Å². The Morgan fingerprint density at radius 1 is 1.15 bits per heavy atom. The smallest absolute Gasteiger partial charge is 0.322 e. The number of hydrogen-bond acceptors (Lipinski definition) is 6. The van der Waals surface area contributed by atoms with Gasteiger partial charge in [-0.2, -0.15) is 5.10 Å². The highest BCUT2D eigenvalue weighted by atomic mass is 32.1. The molecule has 0 aliphatic carbocycles. The third-order valence-corrected chi connectivity index (χ3v) is 6.03. The van der Waals surface area contributed by atoms with Crippen molar-refractivity contribution in [1.29, 1.82) is 0 Å². The van der Waals surface area contributed by atoms with Crippen LogP contribution in [0.2, 0.25) is 0 Å². The van der Waals surface area contributed by atoms with Crippen LogP contribution in [0.1, 0.15) is 40.5 Å². The summed E-state index contributed by atoms with van der Waals surface area (Å²) in [5.74, 6) is 0.541. The average Bonchev–Trinajstić information content (AvgIpc) is 3.19. The fourth-order valence-corrected chi connectivity index (χ4v) is 4.47. The van der Waals surface area contributed by atoms with E-state index in [1.54, 1.807) is 24.3 Å². The molecule has 0 aliphatic heterocycles. The van der Waals surface area contributed by atoms with Crippen molar-refractivity contribution >= 4 is 28.1 Å². The van der Waals surface area contributed by atoms with E-state index in [9.17, 15) is 9.59 Å². The number of carbonyl (C=O) groups excluding carboxylic acids is 1. The average molecular weight is 463 g/mol. The van der Waals surface area contributed by atoms with Gasteiger partial charge >= 0.3 is 4.87 Å². The number of benzene rings is 2. The predicted octanol–water partition coefficient (Wildman–Crippen LogP) is 4.27. The Kier molecular flexibility index (Phi) is 6.55. The summed E-state index contributed by atoms with van der Waals surface area (Å²) in [7, 11) is 0. The Bertz CT molecular complexity index is 1330. The molecule has 2 aromatic heterocycles. The molecule has 0 unspecified atom stereocenters. The molecule has 8 heteroatoms. The quantitative estimate of drug-likeness (QED) is 0.408. The summed E-state index contributed by atoms with van der Waals surface area (Å²) < 4.78 is 5.98. The van der Waals surface area contributed by atoms with Crippen LogP contribution >= 0.6 is 11.3 Å². The van der Waals surface area contributed by atoms with Gasteiger partial charge in [0.25, 0.3) is 5.91 Å². The number of amides is 1. The molecule has 170 valence electrons. The molecule has 7 nitrogen and oxygen atoms in total. The van der Waals surface area contributed by atoms with Crippen molar-refractivity contribution in [2.75, 3.05) is 6.54 Å². The normalized spacial score (nSPS) is 11.5. The lowest BCUT2D eigenvalue weighted by atomic mass is 9.89. The number of pyridine rings is 1. The van der Waals surface area contributed by atoms with Crippen molar-refractivity contribution < 1.29 is 9.53 Å². The molecule has 0 saturated carbocycles. The highest BCUT2D eigenvalue weighted by Gasteiger charge is 2.22. The molecule has 0 atom stereocenters. The maximum Gasteiger partial charge on any atom is 0.322 e. The molecule has 33 heavy (non-hydrogen) atoms. The van der Waals surface area contributed by atoms with Gasteiger partial charge in [0.15, 0.2) is 0 Å². The SMILES string of the molecule is Cc1cc(COc2ccc(C(=O)NCC(C)(C)Cc3n[nH]c(=O)s3)cc2)c2ccccc2n1. The molecule has 0 fully saturated rings. The number of ether oxygens (including phenoxy) is 1. The molecule has 0 saturated heterocycles. The topological polar surface area (TPSA) is 97.0 Å². The van der Waals surface area contributed by atoms with Gasteiger partial charge < -0.3 is 10.1 Å². The van der Waals surface area contributed by atoms with Gasteiger partial charge in [-0.25, -0.2) is 5.10 Å². The fourth-order valence-electron chi connectivity index (χ4n) is 3.61. The van der Waals surface area contributed by atoms with Crippen LogP contribution in [-0.2, 0) is 13.0 Å². The van der Waals surface area contributed by atoms with Crippen molar-refractivity contribution in [1.82, 2.24) is 20.5 Å². The van der Waals surface area contributed by atoms with Gasteiger partial charge in [-0.3, -0.25) is 14.6 Å². The predicted molar refractivity (Wildman–Crippen MR) is 130 cm³/mol. The molecule has 0 spiro atoms. The summed E-state index contributed by atoms with van der Waals surface area (Å²) in [6, 6.07) is 17.2. The lowest BCUT2D eigenvalue weighted by molar-refractivity contribution is 0.0936. The van der Waals surface area contributed by atoms with E-state index in [0.717, 1.165) is 38.5 Å². The standard InChI is InChI=1S/C25H26N4O3S/c1-16-12-18(20-6-4-5-7-21(20)27-16)14-32-19-10-8-17(9-11-19)23(30)26-15-25(2,3)13-22-28-29-24(31)33-22/h4-12H,13-15H2,1-3H3,(H,26,30)(H,29,31). The summed E-state index contributed by atoms with van der Waals surface area (Å²) >= 11 is 1.10. The zero-order chi connectivity index (χ0) is 23.4. The number of aromatic amines is 1. The van der Waals surface area contributed by atoms with Gasteiger partial charge in [0.05, 0.1) is 5.52 Å². The fraction of sp³-hybridized carbons (Fsp3) is 0.280. The second kappa shape index (κ2) is 9.54. The van der Waals surface area contributed by atoms with Crippen LogP contribution in [0.25, 0.3) is 10.9 Å². The third-order valence-electron chi connectivity index (χ3n) is 5.28. The Balaban J connectivity index is 1.34. The molecule has 2 aromatic carbocycles. The van der Waals surface area contributed by atoms with E-state index in [4.69, 9.17) is 4.74 Å². The Morgan fingerprint density at radius 3 is 2.64 bits per heavy atom. The van der Waals surface area contributed by atoms with E-state index in [2.05, 4.69) is 20.5 Å². The number of H-pyrrole nitrogens is 1. The molecule has 4 rings (SSSR count). The van der Waals surface area contributed by atoms with Crippen molar-refractivity contribution in [3.63, 3.8) is 0 Å². The maximum atomic E-state index is 12.6. The number of rotatable bonds is 8. The molecule has 1 amide bonds. The first-order valence-electron chi connectivity index (χ1n) is 10.7. The zero-order valence-corrected chi connectivity index (χ0v) is 19.7. The van der Waals surface area contributed by atoms with Crippen LogP contribution in [0.3, 0.4) is 0 Å². The number of fused-ring (bicyclic) bond motifs is 1. The van der Waals surface area contributed by atoms with Crippen LogP contribution in [0.5, 0.6) is 5.75 Å². The molecule has 0 bridgehead atoms. The zero-order valence-electron chi connectivity index (χ0n) is 18.8. The number of aromatic nitrogens is 3. The van der Waals surface area contributed by atoms with E-state index in [-0.39, 0.29) is 16.2 Å². The van der Waals surface area contributed by atoms with E-state index in [1.807, 2.05) is 51.1 Å². The highest BCUT2D eigenvalue weighted by Crippen LogP contribution is 2.22. The molecular weight excluding hydrogens is 436 g/mol. The number of hydrogen-bond donors (Lipinski definition) is 2. The van der Waals surface area contributed by atoms with E-state index < -0.39 is 0 Å². The van der Waals surface area contributed by atoms with Gasteiger partial charge in [0.2, 0.25) is 0 Å². The van der Waals surface area contributed by atoms with Gasteiger partial charge in [0, 0.05) is 35.2 Å². The van der Waals surface area contributed by atoms with Crippen LogP contribution in [0, 0.1) is 12.3 Å². The van der Waals surface area contributed by atoms with E-state index >= 15 is 0 Å². The second-order valence-corrected chi connectivity index (χ2v) is 9.83. The first kappa shape index (κ1) is 22.7. The van der Waals surface area contributed by atoms with Gasteiger partial charge in [0.1, 0.15) is 17.4 Å². The number of para-hydroxylation sites is 1. The summed E-state index contributed by atoms with van der Waals surface area (Å²) in [6.07, 6.45) is 0.604. The summed E-state index contributed by atoms with van der Waals surface area (Å²) in [5, 5.41) is 11.2. The van der Waals surface area contributed by atoms with Gasteiger partial charge in [-0.05, 0) is 48.7 Å². The molecule has 4 aromatic rings. The minimum absolute atomic E-state index is 0.152. The molecule has 2 N–H and O–H groups in total. The number of aryl methyl sites for hydroxylation is 1. The number of nitrogens with one attached hydrogen (secondary N) is 2. The maximum absolute atomic E-state index is 12.6.